The summed E-state index contributed by atoms with van der Waals surface area (Å²) in [6.45, 7) is 2.14. The minimum Gasteiger partial charge on any atom is -0.303 e. The van der Waals surface area contributed by atoms with Crippen molar-refractivity contribution in [3.05, 3.63) is 41.0 Å². The lowest BCUT2D eigenvalue weighted by Gasteiger charge is -2.13. The molecular formula is C15H15NO. The third kappa shape index (κ3) is 2.29. The van der Waals surface area contributed by atoms with Gasteiger partial charge in [0.25, 0.3) is 0 Å². The number of nitrogens with zero attached hydrogens (tertiary/aromatic N) is 1. The number of benzene rings is 1. The van der Waals surface area contributed by atoms with E-state index < -0.39 is 0 Å². The number of allylic oxidation sites excluding steroid dienone is 2. The maximum absolute atomic E-state index is 10.7. The Balaban J connectivity index is 2.33. The summed E-state index contributed by atoms with van der Waals surface area (Å²) in [7, 11) is 0. The Hall–Kier alpha value is -1.88. The Morgan fingerprint density at radius 1 is 1.41 bits per heavy atom. The summed E-state index contributed by atoms with van der Waals surface area (Å²) >= 11 is 0. The monoisotopic (exact) mass is 225 g/mol. The molecule has 0 bridgehead atoms. The van der Waals surface area contributed by atoms with E-state index in [4.69, 9.17) is 5.26 Å². The highest BCUT2D eigenvalue weighted by Crippen LogP contribution is 2.40. The Morgan fingerprint density at radius 3 is 2.71 bits per heavy atom. The average Bonchev–Trinajstić information content (AvgIpc) is 2.71. The van der Waals surface area contributed by atoms with Crippen LogP contribution in [-0.4, -0.2) is 6.29 Å². The molecule has 1 aliphatic rings. The first-order valence-corrected chi connectivity index (χ1v) is 5.90. The Kier molecular flexibility index (Phi) is 3.39. The molecule has 0 heterocycles. The molecule has 0 spiro atoms. The van der Waals surface area contributed by atoms with Gasteiger partial charge >= 0.3 is 0 Å². The van der Waals surface area contributed by atoms with Crippen LogP contribution in [0.1, 0.15) is 37.3 Å². The predicted octanol–water partition coefficient (Wildman–Crippen LogP) is 3.33. The van der Waals surface area contributed by atoms with Crippen LogP contribution in [0.15, 0.2) is 29.8 Å². The van der Waals surface area contributed by atoms with Gasteiger partial charge in [-0.25, -0.2) is 0 Å². The summed E-state index contributed by atoms with van der Waals surface area (Å²) in [5.74, 6) is 0.362. The van der Waals surface area contributed by atoms with Gasteiger partial charge in [0.05, 0.1) is 11.6 Å². The summed E-state index contributed by atoms with van der Waals surface area (Å²) in [5, 5.41) is 8.77. The predicted molar refractivity (Wildman–Crippen MR) is 67.2 cm³/mol. The number of hydrogen-bond donors (Lipinski definition) is 0. The summed E-state index contributed by atoms with van der Waals surface area (Å²) in [6.07, 6.45) is 3.76. The van der Waals surface area contributed by atoms with Crippen LogP contribution in [0.25, 0.3) is 5.57 Å². The first-order valence-electron chi connectivity index (χ1n) is 5.90. The first kappa shape index (κ1) is 11.6. The van der Waals surface area contributed by atoms with Gasteiger partial charge in [0.15, 0.2) is 0 Å². The zero-order valence-electron chi connectivity index (χ0n) is 9.94. The second-order valence-corrected chi connectivity index (χ2v) is 4.52. The van der Waals surface area contributed by atoms with Crippen LogP contribution in [-0.2, 0) is 4.79 Å². The van der Waals surface area contributed by atoms with E-state index in [9.17, 15) is 4.79 Å². The molecule has 0 aromatic heterocycles. The van der Waals surface area contributed by atoms with Gasteiger partial charge in [-0.1, -0.05) is 17.7 Å². The highest BCUT2D eigenvalue weighted by molar-refractivity contribution is 5.74. The topological polar surface area (TPSA) is 40.9 Å². The van der Waals surface area contributed by atoms with Crippen molar-refractivity contribution in [2.45, 2.75) is 26.2 Å². The van der Waals surface area contributed by atoms with Crippen LogP contribution in [0.4, 0.5) is 0 Å². The second kappa shape index (κ2) is 4.97. The van der Waals surface area contributed by atoms with E-state index in [2.05, 4.69) is 13.0 Å². The summed E-state index contributed by atoms with van der Waals surface area (Å²) in [4.78, 5) is 10.7. The molecular weight excluding hydrogens is 210 g/mol. The molecule has 0 saturated carbocycles. The van der Waals surface area contributed by atoms with E-state index in [1.807, 2.05) is 24.3 Å². The van der Waals surface area contributed by atoms with E-state index in [1.165, 1.54) is 11.1 Å². The Labute approximate surface area is 102 Å². The van der Waals surface area contributed by atoms with Crippen molar-refractivity contribution in [3.63, 3.8) is 0 Å². The van der Waals surface area contributed by atoms with Crippen molar-refractivity contribution in [1.82, 2.24) is 0 Å². The molecule has 1 aromatic carbocycles. The molecule has 0 saturated heterocycles. The molecule has 0 amide bonds. The van der Waals surface area contributed by atoms with Crippen LogP contribution in [0.5, 0.6) is 0 Å². The minimum atomic E-state index is 0.362. The minimum absolute atomic E-state index is 0.362. The number of carbonyl (C=O) groups is 1. The molecule has 1 aliphatic carbocycles. The van der Waals surface area contributed by atoms with Gasteiger partial charge in [-0.05, 0) is 49.0 Å². The smallest absolute Gasteiger partial charge is 0.120 e. The Morgan fingerprint density at radius 2 is 2.12 bits per heavy atom. The number of aldehydes is 1. The molecule has 0 aliphatic heterocycles. The van der Waals surface area contributed by atoms with Crippen molar-refractivity contribution >= 4 is 11.9 Å². The van der Waals surface area contributed by atoms with Crippen LogP contribution in [0, 0.1) is 17.2 Å². The summed E-state index contributed by atoms with van der Waals surface area (Å²) in [5.41, 5.74) is 4.52. The molecule has 86 valence electrons. The molecule has 2 nitrogen and oxygen atoms in total. The third-order valence-electron chi connectivity index (χ3n) is 3.44. The van der Waals surface area contributed by atoms with Crippen LogP contribution >= 0.6 is 0 Å². The molecule has 0 unspecified atom stereocenters. The number of nitriles is 1. The molecule has 0 fully saturated rings. The van der Waals surface area contributed by atoms with E-state index >= 15 is 0 Å². The van der Waals surface area contributed by atoms with Gasteiger partial charge in [0.1, 0.15) is 6.29 Å². The molecule has 1 atom stereocenters. The van der Waals surface area contributed by atoms with Gasteiger partial charge in [0, 0.05) is 6.42 Å². The van der Waals surface area contributed by atoms with E-state index in [-0.39, 0.29) is 0 Å². The zero-order chi connectivity index (χ0) is 12.3. The van der Waals surface area contributed by atoms with Crippen molar-refractivity contribution in [1.29, 1.82) is 5.26 Å². The van der Waals surface area contributed by atoms with Crippen LogP contribution in [0.3, 0.4) is 0 Å². The van der Waals surface area contributed by atoms with Crippen molar-refractivity contribution < 1.29 is 4.79 Å². The van der Waals surface area contributed by atoms with Crippen LogP contribution < -0.4 is 0 Å². The molecule has 2 rings (SSSR count). The van der Waals surface area contributed by atoms with Gasteiger partial charge < -0.3 is 4.79 Å². The van der Waals surface area contributed by atoms with E-state index in [0.29, 0.717) is 17.9 Å². The maximum Gasteiger partial charge on any atom is 0.120 e. The van der Waals surface area contributed by atoms with Gasteiger partial charge in [-0.15, -0.1) is 0 Å². The third-order valence-corrected chi connectivity index (χ3v) is 3.44. The SMILES string of the molecule is CC1=C(c2ccc(C#N)cc2)[C@H](CC=O)CC1. The van der Waals surface area contributed by atoms with E-state index in [0.717, 1.165) is 24.7 Å². The van der Waals surface area contributed by atoms with Gasteiger partial charge in [-0.3, -0.25) is 0 Å². The lowest BCUT2D eigenvalue weighted by Crippen LogP contribution is -2.00. The maximum atomic E-state index is 10.7. The highest BCUT2D eigenvalue weighted by Gasteiger charge is 2.23. The van der Waals surface area contributed by atoms with Crippen molar-refractivity contribution in [3.8, 4) is 6.07 Å². The lowest BCUT2D eigenvalue weighted by atomic mass is 9.91. The van der Waals surface area contributed by atoms with Crippen molar-refractivity contribution in [2.24, 2.45) is 5.92 Å². The zero-order valence-corrected chi connectivity index (χ0v) is 9.94. The fraction of sp³-hybridized carbons (Fsp3) is 0.333. The summed E-state index contributed by atoms with van der Waals surface area (Å²) < 4.78 is 0. The Bertz CT molecular complexity index is 491. The highest BCUT2D eigenvalue weighted by atomic mass is 16.1. The normalized spacial score (nSPS) is 19.2. The summed E-state index contributed by atoms with van der Waals surface area (Å²) in [6, 6.07) is 9.77. The van der Waals surface area contributed by atoms with Gasteiger partial charge in [-0.2, -0.15) is 5.26 Å². The fourth-order valence-electron chi connectivity index (χ4n) is 2.58. The molecule has 1 aromatic rings. The van der Waals surface area contributed by atoms with E-state index in [1.54, 1.807) is 0 Å². The number of rotatable bonds is 3. The average molecular weight is 225 g/mol. The molecule has 0 radical (unpaired) electrons. The molecule has 17 heavy (non-hydrogen) atoms. The standard InChI is InChI=1S/C15H15NO/c1-11-2-5-14(8-9-17)15(11)13-6-3-12(10-16)4-7-13/h3-4,6-7,9,14H,2,5,8H2,1H3/t14-/m0/s1. The number of carbonyl (C=O) groups excluding carboxylic acids is 1. The second-order valence-electron chi connectivity index (χ2n) is 4.52. The van der Waals surface area contributed by atoms with Crippen molar-refractivity contribution in [2.75, 3.05) is 0 Å². The largest absolute Gasteiger partial charge is 0.303 e. The quantitative estimate of drug-likeness (QED) is 0.740. The molecule has 0 N–H and O–H groups in total. The fourth-order valence-corrected chi connectivity index (χ4v) is 2.58. The number of hydrogen-bond acceptors (Lipinski definition) is 2. The lowest BCUT2D eigenvalue weighted by molar-refractivity contribution is -0.108. The first-order chi connectivity index (χ1) is 8.26. The molecule has 2 heteroatoms. The van der Waals surface area contributed by atoms with Gasteiger partial charge in [0.2, 0.25) is 0 Å². The van der Waals surface area contributed by atoms with Crippen LogP contribution in [0.2, 0.25) is 0 Å².